The van der Waals surface area contributed by atoms with Gasteiger partial charge in [0.05, 0.1) is 12.0 Å². The molecule has 0 unspecified atom stereocenters. The molecule has 25 heavy (non-hydrogen) atoms. The minimum atomic E-state index is -1.47. The van der Waals surface area contributed by atoms with E-state index in [9.17, 15) is 19.5 Å². The van der Waals surface area contributed by atoms with Gasteiger partial charge in [-0.15, -0.1) is 0 Å². The zero-order chi connectivity index (χ0) is 18.9. The fourth-order valence-electron chi connectivity index (χ4n) is 1.79. The molecule has 0 saturated carbocycles. The van der Waals surface area contributed by atoms with Gasteiger partial charge in [0.15, 0.2) is 0 Å². The average molecular weight is 351 g/mol. The number of alkyl carbamates (subject to hydrolysis) is 2. The maximum Gasteiger partial charge on any atom is 0.408 e. The molecule has 0 fully saturated rings. The third-order valence-electron chi connectivity index (χ3n) is 2.89. The lowest BCUT2D eigenvalue weighted by molar-refractivity contribution is -0.308. The highest BCUT2D eigenvalue weighted by atomic mass is 16.6. The third-order valence-corrected chi connectivity index (χ3v) is 2.89. The highest BCUT2D eigenvalue weighted by Crippen LogP contribution is 2.07. The summed E-state index contributed by atoms with van der Waals surface area (Å²) < 4.78 is 9.97. The van der Waals surface area contributed by atoms with Gasteiger partial charge in [0.25, 0.3) is 0 Å². The Labute approximate surface area is 146 Å². The maximum atomic E-state index is 11.6. The first-order valence-electron chi connectivity index (χ1n) is 7.82. The monoisotopic (exact) mass is 351 g/mol. The molecular formula is C17H23N2O6-. The summed E-state index contributed by atoms with van der Waals surface area (Å²) in [4.78, 5) is 34.2. The van der Waals surface area contributed by atoms with Crippen LogP contribution in [-0.2, 0) is 20.9 Å². The van der Waals surface area contributed by atoms with Gasteiger partial charge in [-0.25, -0.2) is 9.59 Å². The van der Waals surface area contributed by atoms with Crippen LogP contribution in [0, 0.1) is 0 Å². The molecule has 0 spiro atoms. The second-order valence-electron chi connectivity index (χ2n) is 6.30. The van der Waals surface area contributed by atoms with Crippen molar-refractivity contribution in [2.45, 2.75) is 45.4 Å². The smallest absolute Gasteiger partial charge is 0.408 e. The van der Waals surface area contributed by atoms with E-state index in [2.05, 4.69) is 10.6 Å². The summed E-state index contributed by atoms with van der Waals surface area (Å²) >= 11 is 0. The van der Waals surface area contributed by atoms with Crippen molar-refractivity contribution < 1.29 is 29.0 Å². The van der Waals surface area contributed by atoms with Crippen molar-refractivity contribution in [2.24, 2.45) is 0 Å². The van der Waals surface area contributed by atoms with Crippen LogP contribution in [0.5, 0.6) is 0 Å². The normalized spacial score (nSPS) is 12.0. The van der Waals surface area contributed by atoms with Gasteiger partial charge in [0, 0.05) is 6.54 Å². The molecule has 0 bridgehead atoms. The van der Waals surface area contributed by atoms with E-state index in [1.807, 2.05) is 30.3 Å². The van der Waals surface area contributed by atoms with Crippen LogP contribution in [-0.4, -0.2) is 36.3 Å². The Bertz CT molecular complexity index is 583. The Balaban J connectivity index is 2.33. The Kier molecular flexibility index (Phi) is 7.71. The van der Waals surface area contributed by atoms with Crippen LogP contribution in [0.4, 0.5) is 9.59 Å². The Hall–Kier alpha value is -2.77. The molecule has 0 aliphatic heterocycles. The number of nitrogens with one attached hydrogen (secondary N) is 2. The average Bonchev–Trinajstić information content (AvgIpc) is 2.51. The molecule has 1 aromatic carbocycles. The summed E-state index contributed by atoms with van der Waals surface area (Å²) in [6.45, 7) is 5.06. The van der Waals surface area contributed by atoms with E-state index in [-0.39, 0.29) is 19.6 Å². The number of hydrogen-bond donors (Lipinski definition) is 2. The molecule has 0 aliphatic rings. The zero-order valence-electron chi connectivity index (χ0n) is 14.5. The number of aliphatic carboxylic acids is 1. The largest absolute Gasteiger partial charge is 0.548 e. The number of carbonyl (C=O) groups is 3. The van der Waals surface area contributed by atoms with Gasteiger partial charge < -0.3 is 30.0 Å². The molecule has 1 aromatic rings. The first-order chi connectivity index (χ1) is 11.7. The van der Waals surface area contributed by atoms with Crippen molar-refractivity contribution in [3.05, 3.63) is 35.9 Å². The van der Waals surface area contributed by atoms with Gasteiger partial charge in [-0.05, 0) is 32.8 Å². The zero-order valence-corrected chi connectivity index (χ0v) is 14.5. The lowest BCUT2D eigenvalue weighted by Crippen LogP contribution is -2.50. The highest BCUT2D eigenvalue weighted by Gasteiger charge is 2.20. The number of hydrogen-bond acceptors (Lipinski definition) is 6. The predicted octanol–water partition coefficient (Wildman–Crippen LogP) is 0.946. The summed E-state index contributed by atoms with van der Waals surface area (Å²) in [6.07, 6.45) is -1.62. The minimum absolute atomic E-state index is 0.0118. The molecule has 0 radical (unpaired) electrons. The standard InChI is InChI=1S/C17H24N2O6/c1-17(2,3)25-16(23)19-13(14(20)21)9-10-18-15(22)24-11-12-7-5-4-6-8-12/h4-8,13H,9-11H2,1-3H3,(H,18,22)(H,19,23)(H,20,21)/p-1/t13-/m1/s1. The molecule has 138 valence electrons. The van der Waals surface area contributed by atoms with E-state index >= 15 is 0 Å². The quantitative estimate of drug-likeness (QED) is 0.755. The van der Waals surface area contributed by atoms with Crippen LogP contribution in [0.3, 0.4) is 0 Å². The Morgan fingerprint density at radius 1 is 1.12 bits per heavy atom. The van der Waals surface area contributed by atoms with Crippen molar-refractivity contribution >= 4 is 18.2 Å². The van der Waals surface area contributed by atoms with Gasteiger partial charge >= 0.3 is 12.2 Å². The molecule has 0 heterocycles. The van der Waals surface area contributed by atoms with Crippen LogP contribution in [0.2, 0.25) is 0 Å². The first-order valence-corrected chi connectivity index (χ1v) is 7.82. The van der Waals surface area contributed by atoms with E-state index in [1.54, 1.807) is 20.8 Å². The van der Waals surface area contributed by atoms with Gasteiger partial charge in [0.1, 0.15) is 12.2 Å². The summed E-state index contributed by atoms with van der Waals surface area (Å²) in [5.41, 5.74) is 0.0805. The SMILES string of the molecule is CC(C)(C)OC(=O)N[C@H](CCNC(=O)OCc1ccccc1)C(=O)[O-]. The van der Waals surface area contributed by atoms with Gasteiger partial charge in [-0.1, -0.05) is 30.3 Å². The molecule has 8 heteroatoms. The van der Waals surface area contributed by atoms with Gasteiger partial charge in [-0.2, -0.15) is 0 Å². The number of amides is 2. The van der Waals surface area contributed by atoms with Crippen LogP contribution >= 0.6 is 0 Å². The number of carboxylic acids is 1. The van der Waals surface area contributed by atoms with Crippen molar-refractivity contribution in [1.29, 1.82) is 0 Å². The van der Waals surface area contributed by atoms with Crippen molar-refractivity contribution in [3.63, 3.8) is 0 Å². The lowest BCUT2D eigenvalue weighted by Gasteiger charge is -2.24. The van der Waals surface area contributed by atoms with Crippen molar-refractivity contribution in [2.75, 3.05) is 6.54 Å². The Morgan fingerprint density at radius 3 is 2.32 bits per heavy atom. The summed E-state index contributed by atoms with van der Waals surface area (Å²) in [5, 5.41) is 15.7. The van der Waals surface area contributed by atoms with Crippen LogP contribution in [0.15, 0.2) is 30.3 Å². The second-order valence-corrected chi connectivity index (χ2v) is 6.30. The maximum absolute atomic E-state index is 11.6. The molecule has 2 N–H and O–H groups in total. The molecule has 0 aromatic heterocycles. The number of carboxylic acid groups (broad SMARTS) is 1. The van der Waals surface area contributed by atoms with Crippen LogP contribution < -0.4 is 15.7 Å². The second kappa shape index (κ2) is 9.51. The van der Waals surface area contributed by atoms with Crippen LogP contribution in [0.25, 0.3) is 0 Å². The summed E-state index contributed by atoms with van der Waals surface area (Å²) in [6, 6.07) is 7.83. The van der Waals surface area contributed by atoms with E-state index in [0.29, 0.717) is 0 Å². The van der Waals surface area contributed by atoms with Crippen LogP contribution in [0.1, 0.15) is 32.8 Å². The number of benzene rings is 1. The van der Waals surface area contributed by atoms with E-state index in [4.69, 9.17) is 9.47 Å². The van der Waals surface area contributed by atoms with Crippen molar-refractivity contribution in [3.8, 4) is 0 Å². The van der Waals surface area contributed by atoms with E-state index in [1.165, 1.54) is 0 Å². The van der Waals surface area contributed by atoms with Gasteiger partial charge in [-0.3, -0.25) is 0 Å². The molecule has 1 atom stereocenters. The number of carbonyl (C=O) groups excluding carboxylic acids is 3. The molecular weight excluding hydrogens is 328 g/mol. The van der Waals surface area contributed by atoms with E-state index < -0.39 is 29.8 Å². The number of rotatable bonds is 7. The predicted molar refractivity (Wildman–Crippen MR) is 87.4 cm³/mol. The summed E-state index contributed by atoms with van der Waals surface area (Å²) in [5.74, 6) is -1.47. The number of ether oxygens (including phenoxy) is 2. The van der Waals surface area contributed by atoms with E-state index in [0.717, 1.165) is 5.56 Å². The van der Waals surface area contributed by atoms with Crippen molar-refractivity contribution in [1.82, 2.24) is 10.6 Å². The first kappa shape index (κ1) is 20.3. The summed E-state index contributed by atoms with van der Waals surface area (Å²) in [7, 11) is 0. The topological polar surface area (TPSA) is 117 Å². The Morgan fingerprint density at radius 2 is 1.76 bits per heavy atom. The molecule has 0 aliphatic carbocycles. The molecule has 0 saturated heterocycles. The van der Waals surface area contributed by atoms with Gasteiger partial charge in [0.2, 0.25) is 0 Å². The molecule has 1 rings (SSSR count). The fourth-order valence-corrected chi connectivity index (χ4v) is 1.79. The molecule has 8 nitrogen and oxygen atoms in total. The fraction of sp³-hybridized carbons (Fsp3) is 0.471. The lowest BCUT2D eigenvalue weighted by atomic mass is 10.2. The minimum Gasteiger partial charge on any atom is -0.548 e. The highest BCUT2D eigenvalue weighted by molar-refractivity contribution is 5.78. The molecule has 2 amide bonds. The third kappa shape index (κ3) is 9.19.